The summed E-state index contributed by atoms with van der Waals surface area (Å²) in [5, 5.41) is 3.46. The van der Waals surface area contributed by atoms with Crippen molar-refractivity contribution in [2.75, 3.05) is 5.32 Å². The molecule has 0 aliphatic rings. The Bertz CT molecular complexity index is 1530. The molecule has 0 aliphatic carbocycles. The maximum absolute atomic E-state index is 13.1. The third kappa shape index (κ3) is 3.55. The first-order valence-corrected chi connectivity index (χ1v) is 10.5. The zero-order valence-corrected chi connectivity index (χ0v) is 18.0. The molecular formula is C25H19ClN4O2. The standard InChI is InChI=1S/C25H19ClN4O2/c1-16-6-11-19(14-20(16)26)28-24(31)18-9-7-17(8-10-18)15-30-23-21(4-2-12-27-23)29-13-3-5-22(29)25(30)32/h2-14H,15H2,1H3,(H,28,31). The Hall–Kier alpha value is -3.90. The van der Waals surface area contributed by atoms with Gasteiger partial charge in [-0.05, 0) is 66.6 Å². The number of anilines is 1. The third-order valence-electron chi connectivity index (χ3n) is 5.48. The summed E-state index contributed by atoms with van der Waals surface area (Å²) in [6.45, 7) is 2.26. The molecule has 7 heteroatoms. The van der Waals surface area contributed by atoms with Gasteiger partial charge in [-0.15, -0.1) is 0 Å². The van der Waals surface area contributed by atoms with Gasteiger partial charge in [0.15, 0.2) is 5.65 Å². The number of aryl methyl sites for hydroxylation is 1. The molecular weight excluding hydrogens is 424 g/mol. The first-order valence-electron chi connectivity index (χ1n) is 10.1. The van der Waals surface area contributed by atoms with Gasteiger partial charge in [0.1, 0.15) is 5.52 Å². The number of carbonyl (C=O) groups excluding carboxylic acids is 1. The number of nitrogens with one attached hydrogen (secondary N) is 1. The highest BCUT2D eigenvalue weighted by Gasteiger charge is 2.12. The number of aromatic nitrogens is 3. The van der Waals surface area contributed by atoms with Crippen molar-refractivity contribution in [2.24, 2.45) is 0 Å². The summed E-state index contributed by atoms with van der Waals surface area (Å²) in [6, 6.07) is 20.0. The number of amides is 1. The van der Waals surface area contributed by atoms with E-state index in [1.54, 1.807) is 35.0 Å². The highest BCUT2D eigenvalue weighted by atomic mass is 35.5. The SMILES string of the molecule is Cc1ccc(NC(=O)c2ccc(Cn3c(=O)c4cccn4c4cccnc43)cc2)cc1Cl. The Morgan fingerprint density at radius 3 is 2.59 bits per heavy atom. The summed E-state index contributed by atoms with van der Waals surface area (Å²) in [5.41, 5.74) is 4.95. The van der Waals surface area contributed by atoms with Crippen molar-refractivity contribution in [1.29, 1.82) is 0 Å². The number of benzene rings is 2. The quantitative estimate of drug-likeness (QED) is 0.430. The van der Waals surface area contributed by atoms with Crippen LogP contribution in [0.25, 0.3) is 16.7 Å². The fourth-order valence-electron chi connectivity index (χ4n) is 3.75. The molecule has 0 saturated carbocycles. The zero-order chi connectivity index (χ0) is 22.2. The van der Waals surface area contributed by atoms with Gasteiger partial charge in [-0.2, -0.15) is 0 Å². The Morgan fingerprint density at radius 1 is 1.03 bits per heavy atom. The number of nitrogens with zero attached hydrogens (tertiary/aromatic N) is 3. The Morgan fingerprint density at radius 2 is 1.81 bits per heavy atom. The second-order valence-corrected chi connectivity index (χ2v) is 8.02. The molecule has 158 valence electrons. The van der Waals surface area contributed by atoms with Crippen LogP contribution < -0.4 is 10.9 Å². The van der Waals surface area contributed by atoms with Gasteiger partial charge in [-0.1, -0.05) is 29.8 Å². The molecule has 2 aromatic carbocycles. The van der Waals surface area contributed by atoms with Crippen LogP contribution in [0.1, 0.15) is 21.5 Å². The summed E-state index contributed by atoms with van der Waals surface area (Å²) < 4.78 is 3.51. The van der Waals surface area contributed by atoms with Gasteiger partial charge in [0.05, 0.1) is 12.1 Å². The van der Waals surface area contributed by atoms with E-state index in [0.717, 1.165) is 16.6 Å². The molecule has 0 bridgehead atoms. The number of hydrogen-bond donors (Lipinski definition) is 1. The lowest BCUT2D eigenvalue weighted by molar-refractivity contribution is 0.102. The second kappa shape index (κ2) is 7.98. The van der Waals surface area contributed by atoms with Crippen molar-refractivity contribution >= 4 is 39.9 Å². The molecule has 0 saturated heterocycles. The Kier molecular flexibility index (Phi) is 4.99. The van der Waals surface area contributed by atoms with Gasteiger partial charge >= 0.3 is 0 Å². The molecule has 5 rings (SSSR count). The van der Waals surface area contributed by atoms with Crippen molar-refractivity contribution in [1.82, 2.24) is 14.0 Å². The van der Waals surface area contributed by atoms with Crippen LogP contribution >= 0.6 is 11.6 Å². The minimum Gasteiger partial charge on any atom is -0.322 e. The first kappa shape index (κ1) is 20.0. The molecule has 1 N–H and O–H groups in total. The van der Waals surface area contributed by atoms with E-state index >= 15 is 0 Å². The molecule has 0 unspecified atom stereocenters. The highest BCUT2D eigenvalue weighted by Crippen LogP contribution is 2.21. The number of rotatable bonds is 4. The summed E-state index contributed by atoms with van der Waals surface area (Å²) in [7, 11) is 0. The number of carbonyl (C=O) groups is 1. The summed E-state index contributed by atoms with van der Waals surface area (Å²) in [6.07, 6.45) is 3.54. The Balaban J connectivity index is 1.43. The molecule has 3 heterocycles. The monoisotopic (exact) mass is 442 g/mol. The molecule has 3 aromatic heterocycles. The van der Waals surface area contributed by atoms with Crippen LogP contribution in [0.2, 0.25) is 5.02 Å². The van der Waals surface area contributed by atoms with E-state index in [1.165, 1.54) is 0 Å². The van der Waals surface area contributed by atoms with Crippen LogP contribution in [0, 0.1) is 6.92 Å². The minimum absolute atomic E-state index is 0.112. The van der Waals surface area contributed by atoms with Crippen molar-refractivity contribution in [2.45, 2.75) is 13.5 Å². The number of pyridine rings is 1. The molecule has 5 aromatic rings. The van der Waals surface area contributed by atoms with Gasteiger partial charge in [0.25, 0.3) is 11.5 Å². The number of halogens is 1. The number of fused-ring (bicyclic) bond motifs is 3. The van der Waals surface area contributed by atoms with E-state index in [4.69, 9.17) is 11.6 Å². The van der Waals surface area contributed by atoms with Crippen LogP contribution in [0.15, 0.2) is 83.9 Å². The molecule has 6 nitrogen and oxygen atoms in total. The van der Waals surface area contributed by atoms with Gasteiger partial charge in [0, 0.05) is 28.7 Å². The third-order valence-corrected chi connectivity index (χ3v) is 5.89. The van der Waals surface area contributed by atoms with Gasteiger partial charge in [-0.25, -0.2) is 4.98 Å². The van der Waals surface area contributed by atoms with E-state index in [1.807, 2.05) is 60.0 Å². The Labute approximate surface area is 188 Å². The van der Waals surface area contributed by atoms with Crippen LogP contribution in [-0.2, 0) is 6.54 Å². The number of hydrogen-bond acceptors (Lipinski definition) is 3. The van der Waals surface area contributed by atoms with Gasteiger partial charge < -0.3 is 9.72 Å². The minimum atomic E-state index is -0.227. The molecule has 0 atom stereocenters. The summed E-state index contributed by atoms with van der Waals surface area (Å²) in [5.74, 6) is -0.227. The lowest BCUT2D eigenvalue weighted by atomic mass is 10.1. The first-order chi connectivity index (χ1) is 15.5. The van der Waals surface area contributed by atoms with Gasteiger partial charge in [-0.3, -0.25) is 14.2 Å². The fraction of sp³-hybridized carbons (Fsp3) is 0.0800. The predicted octanol–water partition coefficient (Wildman–Crippen LogP) is 4.91. The van der Waals surface area contributed by atoms with Crippen LogP contribution in [0.5, 0.6) is 0 Å². The van der Waals surface area contributed by atoms with Crippen molar-refractivity contribution < 1.29 is 4.79 Å². The lowest BCUT2D eigenvalue weighted by Gasteiger charge is -2.12. The highest BCUT2D eigenvalue weighted by molar-refractivity contribution is 6.31. The molecule has 0 spiro atoms. The average Bonchev–Trinajstić information content (AvgIpc) is 3.30. The van der Waals surface area contributed by atoms with Gasteiger partial charge in [0.2, 0.25) is 0 Å². The maximum Gasteiger partial charge on any atom is 0.276 e. The van der Waals surface area contributed by atoms with Crippen LogP contribution in [-0.4, -0.2) is 19.9 Å². The van der Waals surface area contributed by atoms with Crippen LogP contribution in [0.3, 0.4) is 0 Å². The zero-order valence-electron chi connectivity index (χ0n) is 17.2. The van der Waals surface area contributed by atoms with Crippen molar-refractivity contribution in [3.05, 3.63) is 111 Å². The van der Waals surface area contributed by atoms with Crippen molar-refractivity contribution in [3.8, 4) is 0 Å². The van der Waals surface area contributed by atoms with E-state index < -0.39 is 0 Å². The van der Waals surface area contributed by atoms with E-state index in [2.05, 4.69) is 10.3 Å². The molecule has 0 fully saturated rings. The second-order valence-electron chi connectivity index (χ2n) is 7.62. The molecule has 32 heavy (non-hydrogen) atoms. The normalized spacial score (nSPS) is 11.2. The van der Waals surface area contributed by atoms with Crippen molar-refractivity contribution in [3.63, 3.8) is 0 Å². The molecule has 0 aliphatic heterocycles. The predicted molar refractivity (Wildman–Crippen MR) is 127 cm³/mol. The lowest BCUT2D eigenvalue weighted by Crippen LogP contribution is -2.24. The van der Waals surface area contributed by atoms with Crippen LogP contribution in [0.4, 0.5) is 5.69 Å². The fourth-order valence-corrected chi connectivity index (χ4v) is 3.93. The molecule has 0 radical (unpaired) electrons. The van der Waals surface area contributed by atoms with E-state index in [-0.39, 0.29) is 11.5 Å². The maximum atomic E-state index is 13.1. The summed E-state index contributed by atoms with van der Waals surface area (Å²) >= 11 is 6.14. The average molecular weight is 443 g/mol. The topological polar surface area (TPSA) is 68.4 Å². The summed E-state index contributed by atoms with van der Waals surface area (Å²) in [4.78, 5) is 30.1. The van der Waals surface area contributed by atoms with E-state index in [0.29, 0.717) is 34.0 Å². The van der Waals surface area contributed by atoms with E-state index in [9.17, 15) is 9.59 Å². The largest absolute Gasteiger partial charge is 0.322 e. The molecule has 1 amide bonds. The smallest absolute Gasteiger partial charge is 0.276 e.